The maximum atomic E-state index is 13.7. The van der Waals surface area contributed by atoms with Crippen LogP contribution in [0.5, 0.6) is 0 Å². The third-order valence-corrected chi connectivity index (χ3v) is 18.9. The van der Waals surface area contributed by atoms with Gasteiger partial charge >= 0.3 is 22.8 Å². The number of hydrogen-bond acceptors (Lipinski definition) is 8. The van der Waals surface area contributed by atoms with Crippen LogP contribution in [0.3, 0.4) is 0 Å². The number of aliphatic hydroxyl groups is 1. The molecule has 2 saturated heterocycles. The van der Waals surface area contributed by atoms with E-state index in [1.807, 2.05) is 30.3 Å². The Balaban J connectivity index is 1.69. The molecule has 4 atom stereocenters. The van der Waals surface area contributed by atoms with Crippen molar-refractivity contribution in [2.75, 3.05) is 6.61 Å². The van der Waals surface area contributed by atoms with Crippen LogP contribution in [0.1, 0.15) is 72.7 Å². The highest BCUT2D eigenvalue weighted by Crippen LogP contribution is 2.48. The van der Waals surface area contributed by atoms with Gasteiger partial charge in [-0.1, -0.05) is 85.7 Å². The first-order chi connectivity index (χ1) is 19.7. The van der Waals surface area contributed by atoms with Gasteiger partial charge in [0.05, 0.1) is 13.2 Å². The van der Waals surface area contributed by atoms with Crippen molar-refractivity contribution in [1.29, 1.82) is 0 Å². The summed E-state index contributed by atoms with van der Waals surface area (Å²) >= 11 is 0. The topological polar surface area (TPSA) is 110 Å². The van der Waals surface area contributed by atoms with Crippen molar-refractivity contribution in [3.63, 3.8) is 0 Å². The smallest absolute Gasteiger partial charge is 0.335 e. The highest BCUT2D eigenvalue weighted by molar-refractivity contribution is 6.84. The van der Waals surface area contributed by atoms with Crippen molar-refractivity contribution in [3.05, 3.63) is 68.5 Å². The summed E-state index contributed by atoms with van der Waals surface area (Å²) in [4.78, 5) is 26.6. The predicted molar refractivity (Wildman–Crippen MR) is 165 cm³/mol. The second-order valence-electron chi connectivity index (χ2n) is 12.8. The number of benzene rings is 1. The SMILES string of the molecule is Cc1cn([C@@H]2O[C@@H]3CO[Si](C(C)C)(C(C)C)O[Si](C(C)C)(C(C)C)O[C@H]3[C@H]2O)c(=O)n(COCc2ccccc2)c1=O. The van der Waals surface area contributed by atoms with Gasteiger partial charge in [0.25, 0.3) is 5.56 Å². The molecule has 0 spiro atoms. The summed E-state index contributed by atoms with van der Waals surface area (Å²) in [6.07, 6.45) is -2.20. The molecular weight excluding hydrogens is 573 g/mol. The lowest BCUT2D eigenvalue weighted by atomic mass is 10.1. The fourth-order valence-corrected chi connectivity index (χ4v) is 17.5. The summed E-state index contributed by atoms with van der Waals surface area (Å²) in [5.41, 5.74) is 0.646. The van der Waals surface area contributed by atoms with E-state index < -0.39 is 52.9 Å². The number of aliphatic hydroxyl groups excluding tert-OH is 1. The Morgan fingerprint density at radius 2 is 1.55 bits per heavy atom. The Labute approximate surface area is 251 Å². The summed E-state index contributed by atoms with van der Waals surface area (Å²) in [5.74, 6) is 0. The quantitative estimate of drug-likeness (QED) is 0.402. The second-order valence-corrected chi connectivity index (χ2v) is 21.7. The lowest BCUT2D eigenvalue weighted by Gasteiger charge is -2.51. The zero-order valence-electron chi connectivity index (χ0n) is 26.4. The molecule has 42 heavy (non-hydrogen) atoms. The monoisotopic (exact) mass is 620 g/mol. The molecule has 0 bridgehead atoms. The van der Waals surface area contributed by atoms with E-state index in [1.54, 1.807) is 6.92 Å². The molecule has 3 heterocycles. The zero-order valence-corrected chi connectivity index (χ0v) is 28.4. The van der Waals surface area contributed by atoms with Crippen molar-refractivity contribution in [1.82, 2.24) is 9.13 Å². The van der Waals surface area contributed by atoms with Crippen molar-refractivity contribution in [3.8, 4) is 0 Å². The highest BCUT2D eigenvalue weighted by Gasteiger charge is 2.61. The Kier molecular flexibility index (Phi) is 10.2. The molecule has 1 aromatic heterocycles. The summed E-state index contributed by atoms with van der Waals surface area (Å²) in [6.45, 7) is 18.8. The minimum Gasteiger partial charge on any atom is -0.414 e. The molecule has 10 nitrogen and oxygen atoms in total. The zero-order chi connectivity index (χ0) is 31.0. The van der Waals surface area contributed by atoms with Gasteiger partial charge in [-0.25, -0.2) is 9.36 Å². The van der Waals surface area contributed by atoms with E-state index in [9.17, 15) is 14.7 Å². The average molecular weight is 621 g/mol. The maximum absolute atomic E-state index is 13.7. The first-order valence-electron chi connectivity index (χ1n) is 15.0. The van der Waals surface area contributed by atoms with Gasteiger partial charge in [-0.2, -0.15) is 0 Å². The minimum atomic E-state index is -3.00. The first-order valence-corrected chi connectivity index (χ1v) is 19.0. The molecule has 2 aliphatic heterocycles. The maximum Gasteiger partial charge on any atom is 0.335 e. The summed E-state index contributed by atoms with van der Waals surface area (Å²) in [6, 6.07) is 9.52. The number of hydrogen-bond donors (Lipinski definition) is 1. The number of aryl methyl sites for hydroxylation is 1. The van der Waals surface area contributed by atoms with E-state index in [1.165, 1.54) is 10.8 Å². The van der Waals surface area contributed by atoms with E-state index in [-0.39, 0.29) is 42.1 Å². The predicted octanol–water partition coefficient (Wildman–Crippen LogP) is 4.71. The Bertz CT molecular complexity index is 1310. The van der Waals surface area contributed by atoms with Gasteiger partial charge in [0, 0.05) is 11.8 Å². The largest absolute Gasteiger partial charge is 0.414 e. The van der Waals surface area contributed by atoms with Gasteiger partial charge in [-0.05, 0) is 34.7 Å². The van der Waals surface area contributed by atoms with Crippen molar-refractivity contribution >= 4 is 17.1 Å². The molecule has 2 aliphatic rings. The summed E-state index contributed by atoms with van der Waals surface area (Å²) < 4.78 is 35.4. The number of ether oxygens (including phenoxy) is 2. The van der Waals surface area contributed by atoms with Crippen molar-refractivity contribution in [2.45, 2.75) is 122 Å². The van der Waals surface area contributed by atoms with Crippen molar-refractivity contribution in [2.24, 2.45) is 0 Å². The molecule has 0 amide bonds. The molecule has 2 aromatic rings. The Morgan fingerprint density at radius 1 is 0.952 bits per heavy atom. The van der Waals surface area contributed by atoms with Crippen LogP contribution in [0.2, 0.25) is 22.2 Å². The first kappa shape index (κ1) is 33.0. The molecule has 2 fully saturated rings. The fourth-order valence-electron chi connectivity index (χ4n) is 6.25. The Hall–Kier alpha value is -1.91. The fraction of sp³-hybridized carbons (Fsp3) is 0.667. The Morgan fingerprint density at radius 3 is 2.12 bits per heavy atom. The molecule has 1 aromatic carbocycles. The van der Waals surface area contributed by atoms with Crippen molar-refractivity contribution < 1.29 is 27.5 Å². The molecule has 1 N–H and O–H groups in total. The molecular formula is C30H48N2O8Si2. The standard InChI is InChI=1S/C30H48N2O8Si2/c1-19(2)41(20(3)4)37-17-25-27(39-42(40-41,21(5)6)22(7)8)26(33)29(38-25)31-15-23(9)28(34)32(30(31)35)18-36-16-24-13-11-10-12-14-24/h10-15,19-22,25-27,29,33H,16-18H2,1-9H3/t25-,26-,27-,29-/m1/s1. The lowest BCUT2D eigenvalue weighted by molar-refractivity contribution is -0.0614. The van der Waals surface area contributed by atoms with Gasteiger partial charge in [0.2, 0.25) is 0 Å². The van der Waals surface area contributed by atoms with E-state index in [4.69, 9.17) is 22.4 Å². The van der Waals surface area contributed by atoms with Crippen LogP contribution in [-0.2, 0) is 35.8 Å². The third kappa shape index (κ3) is 6.05. The lowest BCUT2D eigenvalue weighted by Crippen LogP contribution is -2.65. The van der Waals surface area contributed by atoms with Crippen LogP contribution in [0.25, 0.3) is 0 Å². The van der Waals surface area contributed by atoms with E-state index in [0.29, 0.717) is 5.56 Å². The molecule has 4 rings (SSSR count). The van der Waals surface area contributed by atoms with E-state index >= 15 is 0 Å². The minimum absolute atomic E-state index is 0.0733. The van der Waals surface area contributed by atoms with E-state index in [2.05, 4.69) is 55.4 Å². The second kappa shape index (κ2) is 13.0. The molecule has 0 saturated carbocycles. The van der Waals surface area contributed by atoms with Gasteiger partial charge in [-0.15, -0.1) is 0 Å². The summed E-state index contributed by atoms with van der Waals surface area (Å²) in [5, 5.41) is 11.7. The van der Waals surface area contributed by atoms with Crippen LogP contribution in [0, 0.1) is 6.92 Å². The number of nitrogens with zero attached hydrogens (tertiary/aromatic N) is 2. The van der Waals surface area contributed by atoms with Crippen LogP contribution in [-0.4, -0.2) is 56.3 Å². The molecule has 0 radical (unpaired) electrons. The van der Waals surface area contributed by atoms with Gasteiger partial charge in [-0.3, -0.25) is 9.36 Å². The summed E-state index contributed by atoms with van der Waals surface area (Å²) in [7, 11) is -5.80. The van der Waals surface area contributed by atoms with Gasteiger partial charge < -0.3 is 27.5 Å². The van der Waals surface area contributed by atoms with Crippen LogP contribution in [0.4, 0.5) is 0 Å². The van der Waals surface area contributed by atoms with Gasteiger partial charge in [0.15, 0.2) is 6.23 Å². The number of aromatic nitrogens is 2. The number of fused-ring (bicyclic) bond motifs is 1. The van der Waals surface area contributed by atoms with Crippen LogP contribution < -0.4 is 11.2 Å². The number of rotatable bonds is 9. The molecule has 234 valence electrons. The normalized spacial score (nSPS) is 25.7. The van der Waals surface area contributed by atoms with Crippen LogP contribution >= 0.6 is 0 Å². The average Bonchev–Trinajstić information content (AvgIpc) is 3.22. The third-order valence-electron chi connectivity index (χ3n) is 8.61. The molecule has 12 heteroatoms. The molecule has 0 aliphatic carbocycles. The highest BCUT2D eigenvalue weighted by atomic mass is 28.5. The van der Waals surface area contributed by atoms with Gasteiger partial charge in [0.1, 0.15) is 25.0 Å². The molecule has 0 unspecified atom stereocenters. The van der Waals surface area contributed by atoms with Crippen LogP contribution in [0.15, 0.2) is 46.1 Å². The van der Waals surface area contributed by atoms with E-state index in [0.717, 1.165) is 10.1 Å².